The number of aliphatic hydroxyl groups excluding tert-OH is 1. The van der Waals surface area contributed by atoms with Gasteiger partial charge in [-0.15, -0.1) is 0 Å². The smallest absolute Gasteiger partial charge is 0.460 e. The monoisotopic (exact) mass is 376 g/mol. The summed E-state index contributed by atoms with van der Waals surface area (Å²) < 4.78 is 117. The molecule has 0 saturated carbocycles. The highest BCUT2D eigenvalue weighted by Gasteiger charge is 2.81. The lowest BCUT2D eigenvalue weighted by atomic mass is 9.98. The molecule has 3 nitrogen and oxygen atoms in total. The van der Waals surface area contributed by atoms with E-state index in [-0.39, 0.29) is 5.57 Å². The molecule has 1 atom stereocenters. The molecule has 24 heavy (non-hydrogen) atoms. The molecule has 0 heterocycles. The first-order chi connectivity index (χ1) is 10.5. The summed E-state index contributed by atoms with van der Waals surface area (Å²) in [4.78, 5) is 10.9. The third-order valence-corrected chi connectivity index (χ3v) is 2.76. The number of esters is 1. The number of hydrogen-bond acceptors (Lipinski definition) is 3. The first kappa shape index (κ1) is 22.5. The van der Waals surface area contributed by atoms with Crippen LogP contribution in [0.15, 0.2) is 12.2 Å². The van der Waals surface area contributed by atoms with E-state index in [0.29, 0.717) is 0 Å². The van der Waals surface area contributed by atoms with Gasteiger partial charge in [-0.2, -0.15) is 39.5 Å². The fourth-order valence-corrected chi connectivity index (χ4v) is 1.29. The molecule has 12 heteroatoms. The fourth-order valence-electron chi connectivity index (χ4n) is 1.29. The van der Waals surface area contributed by atoms with Gasteiger partial charge < -0.3 is 9.84 Å². The maximum absolute atomic E-state index is 13.2. The highest BCUT2D eigenvalue weighted by Crippen LogP contribution is 2.54. The molecule has 0 fully saturated rings. The number of hydrogen-bond donors (Lipinski definition) is 1. The van der Waals surface area contributed by atoms with Crippen LogP contribution in [0, 0.1) is 0 Å². The lowest BCUT2D eigenvalue weighted by molar-refractivity contribution is -0.397. The van der Waals surface area contributed by atoms with Crippen molar-refractivity contribution in [3.8, 4) is 0 Å². The first-order valence-electron chi connectivity index (χ1n) is 6.18. The molecular weight excluding hydrogens is 363 g/mol. The van der Waals surface area contributed by atoms with E-state index in [4.69, 9.17) is 0 Å². The predicted octanol–water partition coefficient (Wildman–Crippen LogP) is 3.72. The molecule has 0 amide bonds. The number of alkyl halides is 9. The second kappa shape index (κ2) is 7.19. The second-order valence-corrected chi connectivity index (χ2v) is 4.92. The summed E-state index contributed by atoms with van der Waals surface area (Å²) >= 11 is 0. The van der Waals surface area contributed by atoms with Gasteiger partial charge >= 0.3 is 29.9 Å². The van der Waals surface area contributed by atoms with Crippen LogP contribution in [0.5, 0.6) is 0 Å². The number of ether oxygens (including phenoxy) is 1. The third kappa shape index (κ3) is 4.77. The molecule has 1 N–H and O–H groups in total. The van der Waals surface area contributed by atoms with Crippen molar-refractivity contribution in [3.05, 3.63) is 12.2 Å². The molecule has 0 radical (unpaired) electrons. The Balaban J connectivity index is 4.90. The molecule has 0 aromatic rings. The van der Waals surface area contributed by atoms with Crippen LogP contribution in [-0.4, -0.2) is 47.7 Å². The summed E-state index contributed by atoms with van der Waals surface area (Å²) in [6.45, 7) is 3.38. The molecular formula is C12H13F9O3. The van der Waals surface area contributed by atoms with E-state index >= 15 is 0 Å². The zero-order valence-electron chi connectivity index (χ0n) is 12.1. The van der Waals surface area contributed by atoms with E-state index in [9.17, 15) is 49.4 Å². The van der Waals surface area contributed by atoms with Gasteiger partial charge in [-0.05, 0) is 13.3 Å². The van der Waals surface area contributed by atoms with Crippen LogP contribution in [-0.2, 0) is 9.53 Å². The Kier molecular flexibility index (Phi) is 6.76. The van der Waals surface area contributed by atoms with Crippen molar-refractivity contribution in [1.29, 1.82) is 0 Å². The van der Waals surface area contributed by atoms with Crippen LogP contribution in [0.4, 0.5) is 39.5 Å². The first-order valence-corrected chi connectivity index (χ1v) is 6.18. The van der Waals surface area contributed by atoms with E-state index in [0.717, 1.165) is 0 Å². The minimum absolute atomic E-state index is 0.135. The van der Waals surface area contributed by atoms with Gasteiger partial charge in [0.15, 0.2) is 0 Å². The van der Waals surface area contributed by atoms with Crippen molar-refractivity contribution in [2.75, 3.05) is 6.61 Å². The van der Waals surface area contributed by atoms with E-state index < -0.39 is 55.5 Å². The summed E-state index contributed by atoms with van der Waals surface area (Å²) in [5.41, 5.74) is -0.135. The minimum Gasteiger partial charge on any atom is -0.460 e. The van der Waals surface area contributed by atoms with Gasteiger partial charge in [0.05, 0.1) is 6.10 Å². The van der Waals surface area contributed by atoms with Crippen molar-refractivity contribution in [1.82, 2.24) is 0 Å². The Morgan fingerprint density at radius 2 is 1.50 bits per heavy atom. The lowest BCUT2D eigenvalue weighted by Gasteiger charge is -2.33. The highest BCUT2D eigenvalue weighted by molar-refractivity contribution is 5.86. The molecule has 0 saturated heterocycles. The van der Waals surface area contributed by atoms with Crippen molar-refractivity contribution in [2.24, 2.45) is 0 Å². The summed E-state index contributed by atoms with van der Waals surface area (Å²) in [6, 6.07) is 0. The van der Waals surface area contributed by atoms with Crippen LogP contribution in [0.25, 0.3) is 0 Å². The summed E-state index contributed by atoms with van der Waals surface area (Å²) in [5.74, 6) is -20.5. The Hall–Kier alpha value is -1.46. The molecule has 0 aliphatic heterocycles. The van der Waals surface area contributed by atoms with Crippen LogP contribution in [0.3, 0.4) is 0 Å². The number of aliphatic hydroxyl groups is 1. The Morgan fingerprint density at radius 1 is 1.04 bits per heavy atom. The predicted molar refractivity (Wildman–Crippen MR) is 61.9 cm³/mol. The normalized spacial score (nSPS) is 15.1. The van der Waals surface area contributed by atoms with Crippen LogP contribution in [0.1, 0.15) is 19.8 Å². The van der Waals surface area contributed by atoms with Gasteiger partial charge in [0.2, 0.25) is 0 Å². The number of carbonyl (C=O) groups excluding carboxylic acids is 1. The second-order valence-electron chi connectivity index (χ2n) is 4.92. The SMILES string of the molecule is C=C(C)C(=O)OCC(O)CCC(F)(F)C(F)(F)C(F)(F)C(F)(F)F. The quantitative estimate of drug-likeness (QED) is 0.399. The number of halogens is 9. The zero-order valence-corrected chi connectivity index (χ0v) is 12.1. The zero-order chi connectivity index (χ0) is 19.6. The lowest BCUT2D eigenvalue weighted by Crippen LogP contribution is -2.60. The molecule has 0 aromatic carbocycles. The molecule has 0 aliphatic rings. The molecule has 0 bridgehead atoms. The molecule has 1 unspecified atom stereocenters. The summed E-state index contributed by atoms with van der Waals surface area (Å²) in [6.07, 6.45) is -12.4. The number of carbonyl (C=O) groups is 1. The Morgan fingerprint density at radius 3 is 1.88 bits per heavy atom. The van der Waals surface area contributed by atoms with E-state index in [1.165, 1.54) is 6.92 Å². The largest absolute Gasteiger partial charge is 0.460 e. The Bertz CT molecular complexity index is 471. The molecule has 0 aromatic heterocycles. The Labute approximate surface area is 130 Å². The topological polar surface area (TPSA) is 46.5 Å². The van der Waals surface area contributed by atoms with Gasteiger partial charge in [-0.1, -0.05) is 6.58 Å². The average Bonchev–Trinajstić information content (AvgIpc) is 2.40. The van der Waals surface area contributed by atoms with E-state index in [2.05, 4.69) is 11.3 Å². The van der Waals surface area contributed by atoms with Crippen LogP contribution < -0.4 is 0 Å². The van der Waals surface area contributed by atoms with Crippen LogP contribution >= 0.6 is 0 Å². The van der Waals surface area contributed by atoms with Crippen molar-refractivity contribution in [2.45, 2.75) is 49.8 Å². The van der Waals surface area contributed by atoms with Gasteiger partial charge in [0.1, 0.15) is 6.61 Å². The van der Waals surface area contributed by atoms with Gasteiger partial charge in [0, 0.05) is 12.0 Å². The van der Waals surface area contributed by atoms with Gasteiger partial charge in [0.25, 0.3) is 0 Å². The van der Waals surface area contributed by atoms with Crippen LogP contribution in [0.2, 0.25) is 0 Å². The maximum Gasteiger partial charge on any atom is 0.460 e. The highest BCUT2D eigenvalue weighted by atomic mass is 19.4. The third-order valence-electron chi connectivity index (χ3n) is 2.76. The molecule has 0 rings (SSSR count). The molecule has 142 valence electrons. The number of rotatable bonds is 8. The van der Waals surface area contributed by atoms with Gasteiger partial charge in [-0.3, -0.25) is 0 Å². The molecule has 0 aliphatic carbocycles. The standard InChI is InChI=1S/C12H13F9O3/c1-6(2)8(23)24-5-7(22)3-4-9(13,14)10(15,16)11(17,18)12(19,20)21/h7,22H,1,3-5H2,2H3. The van der Waals surface area contributed by atoms with E-state index in [1.807, 2.05) is 0 Å². The fraction of sp³-hybridized carbons (Fsp3) is 0.750. The minimum atomic E-state index is -6.97. The van der Waals surface area contributed by atoms with E-state index in [1.54, 1.807) is 0 Å². The van der Waals surface area contributed by atoms with Crippen molar-refractivity contribution >= 4 is 5.97 Å². The van der Waals surface area contributed by atoms with Crippen molar-refractivity contribution in [3.63, 3.8) is 0 Å². The summed E-state index contributed by atoms with van der Waals surface area (Å²) in [5, 5.41) is 9.18. The maximum atomic E-state index is 13.2. The summed E-state index contributed by atoms with van der Waals surface area (Å²) in [7, 11) is 0. The van der Waals surface area contributed by atoms with Gasteiger partial charge in [-0.25, -0.2) is 4.79 Å². The van der Waals surface area contributed by atoms with Crippen molar-refractivity contribution < 1.29 is 54.2 Å². The average molecular weight is 376 g/mol. The molecule has 0 spiro atoms.